The first-order chi connectivity index (χ1) is 11.6. The number of nitrogens with one attached hydrogen (secondary N) is 1. The van der Waals surface area contributed by atoms with Crippen LogP contribution in [0, 0.1) is 11.3 Å². The quantitative estimate of drug-likeness (QED) is 0.628. The van der Waals surface area contributed by atoms with E-state index in [1.165, 1.54) is 25.6 Å². The maximum absolute atomic E-state index is 10.4. The number of H-pyrrole nitrogens is 1. The van der Waals surface area contributed by atoms with E-state index in [2.05, 4.69) is 21.3 Å². The lowest BCUT2D eigenvalue weighted by molar-refractivity contribution is -0.135. The Morgan fingerprint density at radius 3 is 2.75 bits per heavy atom. The molecule has 7 nitrogen and oxygen atoms in total. The predicted octanol–water partition coefficient (Wildman–Crippen LogP) is 1.54. The molecule has 7 heteroatoms. The largest absolute Gasteiger partial charge is 0.494 e. The zero-order valence-corrected chi connectivity index (χ0v) is 12.8. The second-order valence-corrected chi connectivity index (χ2v) is 5.10. The smallest absolute Gasteiger partial charge is 0.238 e. The van der Waals surface area contributed by atoms with Crippen molar-refractivity contribution in [1.29, 1.82) is 5.26 Å². The van der Waals surface area contributed by atoms with Crippen LogP contribution in [0.4, 0.5) is 0 Å². The van der Waals surface area contributed by atoms with Crippen molar-refractivity contribution in [2.45, 2.75) is 5.79 Å². The number of benzene rings is 1. The van der Waals surface area contributed by atoms with Gasteiger partial charge in [-0.2, -0.15) is 10.4 Å². The Bertz CT molecular complexity index is 898. The number of hydrogen-bond donors (Lipinski definition) is 3. The van der Waals surface area contributed by atoms with Crippen LogP contribution in [-0.2, 0) is 5.79 Å². The average molecular weight is 322 g/mol. The van der Waals surface area contributed by atoms with Gasteiger partial charge in [-0.3, -0.25) is 5.10 Å². The molecule has 3 N–H and O–H groups in total. The number of nitriles is 1. The van der Waals surface area contributed by atoms with Crippen LogP contribution in [0.25, 0.3) is 11.3 Å². The van der Waals surface area contributed by atoms with Gasteiger partial charge in [-0.1, -0.05) is 12.1 Å². The van der Waals surface area contributed by atoms with E-state index in [-0.39, 0.29) is 11.3 Å². The van der Waals surface area contributed by atoms with E-state index >= 15 is 0 Å². The minimum atomic E-state index is -2.30. The van der Waals surface area contributed by atoms with E-state index in [4.69, 9.17) is 10.00 Å². The molecule has 0 aliphatic heterocycles. The third-order valence-electron chi connectivity index (χ3n) is 3.60. The van der Waals surface area contributed by atoms with E-state index in [0.717, 1.165) is 0 Å². The van der Waals surface area contributed by atoms with Crippen LogP contribution in [0.15, 0.2) is 48.8 Å². The number of ether oxygens (including phenoxy) is 1. The standard InChI is InChI=1S/C17H14N4O3/c1-24-14-5-6-15(17(22,23)13-9-19-20-10-13)21-16(14)12-4-2-3-11(7-12)8-18/h2-7,9-10,22-23H,1H3,(H,19,20). The number of nitrogens with zero attached hydrogens (tertiary/aromatic N) is 3. The SMILES string of the molecule is COc1ccc(C(O)(O)c2cn[nH]c2)nc1-c1cccc(C#N)c1. The van der Waals surface area contributed by atoms with E-state index in [1.807, 2.05) is 0 Å². The number of methoxy groups -OCH3 is 1. The molecule has 0 bridgehead atoms. The van der Waals surface area contributed by atoms with Gasteiger partial charge in [0, 0.05) is 11.8 Å². The Kier molecular flexibility index (Phi) is 4.00. The molecule has 0 aliphatic carbocycles. The number of aromatic amines is 1. The molecule has 0 amide bonds. The molecule has 3 aromatic rings. The second-order valence-electron chi connectivity index (χ2n) is 5.10. The minimum absolute atomic E-state index is 0.0158. The molecule has 0 saturated heterocycles. The third-order valence-corrected chi connectivity index (χ3v) is 3.60. The van der Waals surface area contributed by atoms with Gasteiger partial charge in [-0.25, -0.2) is 4.98 Å². The summed E-state index contributed by atoms with van der Waals surface area (Å²) in [6.45, 7) is 0. The van der Waals surface area contributed by atoms with E-state index in [1.54, 1.807) is 30.3 Å². The van der Waals surface area contributed by atoms with Crippen LogP contribution in [0.5, 0.6) is 5.75 Å². The van der Waals surface area contributed by atoms with Crippen LogP contribution in [0.1, 0.15) is 16.8 Å². The normalized spacial score (nSPS) is 11.1. The molecule has 0 atom stereocenters. The summed E-state index contributed by atoms with van der Waals surface area (Å²) in [5, 5.41) is 36.1. The van der Waals surface area contributed by atoms with Gasteiger partial charge in [-0.15, -0.1) is 0 Å². The van der Waals surface area contributed by atoms with Crippen LogP contribution in [-0.4, -0.2) is 32.5 Å². The zero-order chi connectivity index (χ0) is 17.2. The van der Waals surface area contributed by atoms with Gasteiger partial charge in [0.05, 0.1) is 30.5 Å². The van der Waals surface area contributed by atoms with E-state index in [0.29, 0.717) is 22.6 Å². The van der Waals surface area contributed by atoms with Gasteiger partial charge >= 0.3 is 0 Å². The molecule has 2 heterocycles. The summed E-state index contributed by atoms with van der Waals surface area (Å²) in [6, 6.07) is 11.9. The average Bonchev–Trinajstić information content (AvgIpc) is 3.16. The topological polar surface area (TPSA) is 115 Å². The number of pyridine rings is 1. The van der Waals surface area contributed by atoms with Crippen molar-refractivity contribution in [3.8, 4) is 23.1 Å². The van der Waals surface area contributed by atoms with Crippen molar-refractivity contribution in [1.82, 2.24) is 15.2 Å². The lowest BCUT2D eigenvalue weighted by atomic mass is 10.0. The number of hydrogen-bond acceptors (Lipinski definition) is 6. The van der Waals surface area contributed by atoms with Crippen LogP contribution in [0.3, 0.4) is 0 Å². The molecule has 2 aromatic heterocycles. The summed E-state index contributed by atoms with van der Waals surface area (Å²) in [4.78, 5) is 4.34. The summed E-state index contributed by atoms with van der Waals surface area (Å²) in [6.07, 6.45) is 2.68. The molecule has 0 fully saturated rings. The van der Waals surface area contributed by atoms with Gasteiger partial charge in [-0.05, 0) is 24.3 Å². The first-order valence-corrected chi connectivity index (χ1v) is 7.06. The van der Waals surface area contributed by atoms with Crippen LogP contribution >= 0.6 is 0 Å². The van der Waals surface area contributed by atoms with Crippen molar-refractivity contribution < 1.29 is 14.9 Å². The van der Waals surface area contributed by atoms with Crippen molar-refractivity contribution in [3.05, 3.63) is 65.6 Å². The fraction of sp³-hybridized carbons (Fsp3) is 0.118. The molecule has 1 aromatic carbocycles. The number of rotatable bonds is 4. The molecular formula is C17H14N4O3. The fourth-order valence-electron chi connectivity index (χ4n) is 2.34. The van der Waals surface area contributed by atoms with Gasteiger partial charge in [0.1, 0.15) is 17.1 Å². The van der Waals surface area contributed by atoms with Crippen LogP contribution < -0.4 is 4.74 Å². The molecule has 24 heavy (non-hydrogen) atoms. The Morgan fingerprint density at radius 2 is 2.08 bits per heavy atom. The maximum atomic E-state index is 10.4. The predicted molar refractivity (Wildman–Crippen MR) is 84.7 cm³/mol. The van der Waals surface area contributed by atoms with Crippen molar-refractivity contribution in [3.63, 3.8) is 0 Å². The van der Waals surface area contributed by atoms with Gasteiger partial charge in [0.25, 0.3) is 0 Å². The Hall–Kier alpha value is -3.21. The lowest BCUT2D eigenvalue weighted by Crippen LogP contribution is -2.27. The highest BCUT2D eigenvalue weighted by Gasteiger charge is 2.32. The molecule has 0 radical (unpaired) electrons. The van der Waals surface area contributed by atoms with Crippen LogP contribution in [0.2, 0.25) is 0 Å². The summed E-state index contributed by atoms with van der Waals surface area (Å²) in [5.74, 6) is -1.85. The highest BCUT2D eigenvalue weighted by atomic mass is 16.5. The Balaban J connectivity index is 2.14. The third kappa shape index (κ3) is 2.72. The highest BCUT2D eigenvalue weighted by molar-refractivity contribution is 5.68. The zero-order valence-electron chi connectivity index (χ0n) is 12.8. The molecule has 120 valence electrons. The molecular weight excluding hydrogens is 308 g/mol. The van der Waals surface area contributed by atoms with E-state index in [9.17, 15) is 10.2 Å². The van der Waals surface area contributed by atoms with Gasteiger partial charge < -0.3 is 14.9 Å². The summed E-state index contributed by atoms with van der Waals surface area (Å²) in [5.41, 5.74) is 1.69. The molecule has 0 spiro atoms. The monoisotopic (exact) mass is 322 g/mol. The summed E-state index contributed by atoms with van der Waals surface area (Å²) < 4.78 is 5.30. The van der Waals surface area contributed by atoms with Crippen molar-refractivity contribution in [2.75, 3.05) is 7.11 Å². The van der Waals surface area contributed by atoms with Crippen molar-refractivity contribution >= 4 is 0 Å². The lowest BCUT2D eigenvalue weighted by Gasteiger charge is -2.21. The summed E-state index contributed by atoms with van der Waals surface area (Å²) >= 11 is 0. The Labute approximate surface area is 137 Å². The van der Waals surface area contributed by atoms with E-state index < -0.39 is 5.79 Å². The highest BCUT2D eigenvalue weighted by Crippen LogP contribution is 2.32. The fourth-order valence-corrected chi connectivity index (χ4v) is 2.34. The van der Waals surface area contributed by atoms with Crippen molar-refractivity contribution in [2.24, 2.45) is 0 Å². The molecule has 0 unspecified atom stereocenters. The second kappa shape index (κ2) is 6.12. The first-order valence-electron chi connectivity index (χ1n) is 7.06. The Morgan fingerprint density at radius 1 is 1.25 bits per heavy atom. The molecule has 0 saturated carbocycles. The minimum Gasteiger partial charge on any atom is -0.494 e. The molecule has 3 rings (SSSR count). The van der Waals surface area contributed by atoms with Gasteiger partial charge in [0.15, 0.2) is 0 Å². The number of aromatic nitrogens is 3. The maximum Gasteiger partial charge on any atom is 0.238 e. The molecule has 0 aliphatic rings. The van der Waals surface area contributed by atoms with Gasteiger partial charge in [0.2, 0.25) is 5.79 Å². The first kappa shape index (κ1) is 15.7. The summed E-state index contributed by atoms with van der Waals surface area (Å²) in [7, 11) is 1.50. The number of aliphatic hydroxyl groups is 2.